The molecule has 3 aromatic heterocycles. The molecule has 1 amide bonds. The van der Waals surface area contributed by atoms with Gasteiger partial charge in [0.25, 0.3) is 5.91 Å². The van der Waals surface area contributed by atoms with Crippen LogP contribution in [-0.4, -0.2) is 25.8 Å². The summed E-state index contributed by atoms with van der Waals surface area (Å²) < 4.78 is 0. The Bertz CT molecular complexity index is 1610. The third kappa shape index (κ3) is 3.97. The summed E-state index contributed by atoms with van der Waals surface area (Å²) >= 11 is 0. The Kier molecular flexibility index (Phi) is 4.47. The van der Waals surface area contributed by atoms with Crippen molar-refractivity contribution in [3.05, 3.63) is 101 Å². The summed E-state index contributed by atoms with van der Waals surface area (Å²) in [6.07, 6.45) is 7.87. The lowest BCUT2D eigenvalue weighted by Crippen LogP contribution is -2.11. The fourth-order valence-corrected chi connectivity index (χ4v) is 3.91. The van der Waals surface area contributed by atoms with Gasteiger partial charge in [0.15, 0.2) is 0 Å². The molecule has 0 radical (unpaired) electrons. The lowest BCUT2D eigenvalue weighted by molar-refractivity contribution is 0.102. The number of carbonyl (C=O) groups is 1. The first kappa shape index (κ1) is 19.0. The molecule has 0 unspecified atom stereocenters. The molecule has 8 bridgehead atoms. The predicted octanol–water partition coefficient (Wildman–Crippen LogP) is 5.91. The largest absolute Gasteiger partial charge is 0.355 e. The Labute approximate surface area is 189 Å². The molecule has 0 fully saturated rings. The summed E-state index contributed by atoms with van der Waals surface area (Å²) in [5.41, 5.74) is 8.16. The van der Waals surface area contributed by atoms with Crippen molar-refractivity contribution in [3.8, 4) is 0 Å². The van der Waals surface area contributed by atoms with Gasteiger partial charge in [-0.05, 0) is 78.9 Å². The maximum atomic E-state index is 12.8. The van der Waals surface area contributed by atoms with E-state index in [0.717, 1.165) is 44.8 Å². The maximum Gasteiger partial charge on any atom is 0.255 e. The van der Waals surface area contributed by atoms with Gasteiger partial charge in [-0.15, -0.1) is 0 Å². The first-order chi connectivity index (χ1) is 16.2. The number of rotatable bonds is 2. The highest BCUT2D eigenvalue weighted by molar-refractivity contribution is 6.07. The maximum absolute atomic E-state index is 12.8. The van der Waals surface area contributed by atoms with Crippen LogP contribution in [-0.2, 0) is 0 Å². The number of nitrogens with one attached hydrogen (secondary N) is 3. The van der Waals surface area contributed by atoms with E-state index in [4.69, 9.17) is 4.98 Å². The lowest BCUT2D eigenvalue weighted by atomic mass is 10.2. The van der Waals surface area contributed by atoms with E-state index in [2.05, 4.69) is 20.3 Å². The number of amides is 1. The minimum absolute atomic E-state index is 0.170. The molecule has 6 rings (SSSR count). The van der Waals surface area contributed by atoms with Crippen LogP contribution in [0.2, 0.25) is 0 Å². The number of fused-ring (bicyclic) bond motifs is 8. The third-order valence-electron chi connectivity index (χ3n) is 5.45. The summed E-state index contributed by atoms with van der Waals surface area (Å²) in [6.45, 7) is 0. The van der Waals surface area contributed by atoms with E-state index in [0.29, 0.717) is 11.3 Å². The summed E-state index contributed by atoms with van der Waals surface area (Å²) in [7, 11) is 0. The van der Waals surface area contributed by atoms with Crippen LogP contribution in [0.25, 0.3) is 46.4 Å². The molecule has 0 aliphatic carbocycles. The van der Waals surface area contributed by atoms with Gasteiger partial charge in [-0.1, -0.05) is 18.2 Å². The van der Waals surface area contributed by atoms with Gasteiger partial charge >= 0.3 is 0 Å². The van der Waals surface area contributed by atoms with E-state index in [1.807, 2.05) is 85.0 Å². The average Bonchev–Trinajstić information content (AvgIpc) is 3.60. The molecule has 158 valence electrons. The highest BCUT2D eigenvalue weighted by Gasteiger charge is 2.10. The highest BCUT2D eigenvalue weighted by Crippen LogP contribution is 2.23. The standard InChI is InChI=1S/C27H19N5O/c33-27(17-4-2-1-3-5-17)32-26-16-24-14-22-9-8-20(29-22)12-18-6-7-19(28-18)13-21-10-11-23(30-21)15-25(26)31-24/h1-16,28,31H,(H,32,33). The Balaban J connectivity index is 1.55. The molecule has 2 aliphatic heterocycles. The molecule has 2 aliphatic rings. The number of benzene rings is 1. The minimum atomic E-state index is -0.170. The van der Waals surface area contributed by atoms with Gasteiger partial charge in [0.05, 0.1) is 34.0 Å². The fourth-order valence-electron chi connectivity index (χ4n) is 3.91. The number of hydrogen-bond acceptors (Lipinski definition) is 3. The number of H-pyrrole nitrogens is 2. The van der Waals surface area contributed by atoms with E-state index < -0.39 is 0 Å². The van der Waals surface area contributed by atoms with Crippen LogP contribution in [0.5, 0.6) is 0 Å². The zero-order chi connectivity index (χ0) is 22.2. The van der Waals surface area contributed by atoms with Crippen LogP contribution in [0.3, 0.4) is 0 Å². The SMILES string of the molecule is O=C(Nc1cc2cc3nc(cc4ccc(cc5nc(cc1[nH]2)C=C5)[nH]4)C=C3)c1ccccc1. The van der Waals surface area contributed by atoms with Crippen LogP contribution in [0.15, 0.2) is 72.8 Å². The van der Waals surface area contributed by atoms with Crippen molar-refractivity contribution in [2.75, 3.05) is 5.32 Å². The van der Waals surface area contributed by atoms with Crippen LogP contribution >= 0.6 is 0 Å². The Hall–Kier alpha value is -4.71. The molecule has 0 spiro atoms. The lowest BCUT2D eigenvalue weighted by Gasteiger charge is -2.03. The minimum Gasteiger partial charge on any atom is -0.355 e. The predicted molar refractivity (Wildman–Crippen MR) is 133 cm³/mol. The monoisotopic (exact) mass is 429 g/mol. The van der Waals surface area contributed by atoms with E-state index in [9.17, 15) is 4.79 Å². The van der Waals surface area contributed by atoms with Crippen molar-refractivity contribution >= 4 is 58.0 Å². The van der Waals surface area contributed by atoms with Crippen molar-refractivity contribution in [1.29, 1.82) is 0 Å². The first-order valence-electron chi connectivity index (χ1n) is 10.6. The molecule has 6 heteroatoms. The summed E-state index contributed by atoms with van der Waals surface area (Å²) in [4.78, 5) is 28.9. The molecular formula is C27H19N5O. The number of hydrogen-bond donors (Lipinski definition) is 3. The number of aromatic nitrogens is 4. The van der Waals surface area contributed by atoms with Crippen molar-refractivity contribution in [1.82, 2.24) is 19.9 Å². The van der Waals surface area contributed by atoms with Gasteiger partial charge in [-0.2, -0.15) is 0 Å². The topological polar surface area (TPSA) is 86.5 Å². The quantitative estimate of drug-likeness (QED) is 0.320. The smallest absolute Gasteiger partial charge is 0.255 e. The van der Waals surface area contributed by atoms with Gasteiger partial charge in [0, 0.05) is 22.1 Å². The number of aromatic amines is 2. The van der Waals surface area contributed by atoms with Crippen LogP contribution in [0, 0.1) is 0 Å². The van der Waals surface area contributed by atoms with Crippen LogP contribution < -0.4 is 5.32 Å². The molecule has 0 saturated carbocycles. The average molecular weight is 429 g/mol. The van der Waals surface area contributed by atoms with Crippen molar-refractivity contribution in [2.24, 2.45) is 0 Å². The van der Waals surface area contributed by atoms with Gasteiger partial charge in [-0.3, -0.25) is 4.79 Å². The Morgan fingerprint density at radius 2 is 1.21 bits per heavy atom. The zero-order valence-corrected chi connectivity index (χ0v) is 17.5. The third-order valence-corrected chi connectivity index (χ3v) is 5.45. The van der Waals surface area contributed by atoms with Crippen LogP contribution in [0.4, 0.5) is 5.69 Å². The second kappa shape index (κ2) is 7.76. The molecule has 3 N–H and O–H groups in total. The number of carbonyl (C=O) groups excluding carboxylic acids is 1. The summed E-state index contributed by atoms with van der Waals surface area (Å²) in [5, 5.41) is 3.02. The van der Waals surface area contributed by atoms with Crippen molar-refractivity contribution in [3.63, 3.8) is 0 Å². The molecular weight excluding hydrogens is 410 g/mol. The summed E-state index contributed by atoms with van der Waals surface area (Å²) in [5.74, 6) is -0.170. The molecule has 33 heavy (non-hydrogen) atoms. The van der Waals surface area contributed by atoms with Crippen LogP contribution in [0.1, 0.15) is 33.1 Å². The van der Waals surface area contributed by atoms with E-state index in [-0.39, 0.29) is 5.91 Å². The normalized spacial score (nSPS) is 12.1. The molecule has 4 aromatic rings. The molecule has 0 saturated heterocycles. The van der Waals surface area contributed by atoms with Gasteiger partial charge in [-0.25, -0.2) is 9.97 Å². The second-order valence-corrected chi connectivity index (χ2v) is 7.91. The van der Waals surface area contributed by atoms with E-state index >= 15 is 0 Å². The Morgan fingerprint density at radius 1 is 0.636 bits per heavy atom. The zero-order valence-electron chi connectivity index (χ0n) is 17.5. The van der Waals surface area contributed by atoms with Gasteiger partial charge in [0.1, 0.15) is 0 Å². The van der Waals surface area contributed by atoms with E-state index in [1.54, 1.807) is 12.1 Å². The molecule has 0 atom stereocenters. The fraction of sp³-hybridized carbons (Fsp3) is 0. The van der Waals surface area contributed by atoms with Crippen molar-refractivity contribution < 1.29 is 4.79 Å². The second-order valence-electron chi connectivity index (χ2n) is 7.91. The molecule has 6 nitrogen and oxygen atoms in total. The molecule has 1 aromatic carbocycles. The van der Waals surface area contributed by atoms with Crippen molar-refractivity contribution in [2.45, 2.75) is 0 Å². The van der Waals surface area contributed by atoms with Gasteiger partial charge < -0.3 is 15.3 Å². The van der Waals surface area contributed by atoms with E-state index in [1.165, 1.54) is 0 Å². The number of nitrogens with zero attached hydrogens (tertiary/aromatic N) is 2. The highest BCUT2D eigenvalue weighted by atomic mass is 16.1. The molecule has 5 heterocycles. The number of anilines is 1. The first-order valence-corrected chi connectivity index (χ1v) is 10.6. The summed E-state index contributed by atoms with van der Waals surface area (Å²) in [6, 6.07) is 23.0. The Morgan fingerprint density at radius 3 is 1.85 bits per heavy atom. The van der Waals surface area contributed by atoms with Gasteiger partial charge in [0.2, 0.25) is 0 Å².